The van der Waals surface area contributed by atoms with Crippen LogP contribution in [0.5, 0.6) is 0 Å². The molecule has 2 aliphatic heterocycles. The molecule has 1 aromatic heterocycles. The van der Waals surface area contributed by atoms with Gasteiger partial charge in [-0.2, -0.15) is 0 Å². The number of hydrogen-bond donors (Lipinski definition) is 2. The van der Waals surface area contributed by atoms with Gasteiger partial charge in [-0.15, -0.1) is 17.9 Å². The molecule has 2 N–H and O–H groups in total. The number of ether oxygens (including phenoxy) is 2. The molecule has 7 nitrogen and oxygen atoms in total. The van der Waals surface area contributed by atoms with Gasteiger partial charge in [0.05, 0.1) is 51.0 Å². The van der Waals surface area contributed by atoms with Crippen LogP contribution in [0.1, 0.15) is 82.9 Å². The second-order valence-corrected chi connectivity index (χ2v) is 13.1. The molecule has 1 aromatic carbocycles. The van der Waals surface area contributed by atoms with E-state index in [0.29, 0.717) is 12.8 Å². The fourth-order valence-electron chi connectivity index (χ4n) is 5.70. The van der Waals surface area contributed by atoms with Crippen molar-refractivity contribution in [2.75, 3.05) is 0 Å². The van der Waals surface area contributed by atoms with E-state index >= 15 is 0 Å². The first-order valence-electron chi connectivity index (χ1n) is 13.6. The Hall–Kier alpha value is -2.13. The van der Waals surface area contributed by atoms with Crippen LogP contribution < -0.4 is 0 Å². The normalized spacial score (nSPS) is 34.9. The van der Waals surface area contributed by atoms with Gasteiger partial charge in [0.2, 0.25) is 0 Å². The second kappa shape index (κ2) is 11.2. The van der Waals surface area contributed by atoms with Crippen LogP contribution in [0.25, 0.3) is 10.2 Å². The number of hydrogen-bond acceptors (Lipinski definition) is 8. The highest BCUT2D eigenvalue weighted by molar-refractivity contribution is 7.18. The molecule has 0 saturated carbocycles. The molecule has 0 aliphatic carbocycles. The first-order chi connectivity index (χ1) is 17.9. The number of nitrogens with zero attached hydrogens (tertiary/aromatic N) is 1. The summed E-state index contributed by atoms with van der Waals surface area (Å²) >= 11 is 1.61. The van der Waals surface area contributed by atoms with Crippen LogP contribution in [-0.4, -0.2) is 50.9 Å². The largest absolute Gasteiger partial charge is 0.457 e. The van der Waals surface area contributed by atoms with Crippen LogP contribution in [0.15, 0.2) is 30.9 Å². The number of aromatic nitrogens is 1. The van der Waals surface area contributed by atoms with E-state index in [2.05, 4.69) is 18.5 Å². The zero-order valence-electron chi connectivity index (χ0n) is 23.1. The van der Waals surface area contributed by atoms with Gasteiger partial charge in [0, 0.05) is 12.3 Å². The van der Waals surface area contributed by atoms with Gasteiger partial charge in [-0.05, 0) is 56.7 Å². The van der Waals surface area contributed by atoms with Crippen molar-refractivity contribution in [1.29, 1.82) is 0 Å². The monoisotopic (exact) mass is 543 g/mol. The third kappa shape index (κ3) is 6.03. The van der Waals surface area contributed by atoms with Gasteiger partial charge in [-0.1, -0.05) is 39.3 Å². The number of aliphatic hydroxyl groups is 2. The quantitative estimate of drug-likeness (QED) is 0.301. The molecule has 2 fully saturated rings. The Labute approximate surface area is 229 Å². The van der Waals surface area contributed by atoms with Crippen LogP contribution in [0.2, 0.25) is 0 Å². The molecule has 2 saturated heterocycles. The standard InChI is InChI=1S/C30H41NO6S/c1-7-9-20-27(34)17(2)10-8-13-30(6)25(37-30)15-22(19-11-12-23-21(14-19)31-18(3)38-23)36-26(33)16-24(32)29(4,5)28(20)35/h7,11-12,14,17,20,22,24-25,27,32,34H,1,8-10,13,15-16H2,2-6H3/t17-,20-,22-,24+,25?,27+,30?/m0/s1. The number of carbonyl (C=O) groups is 2. The van der Waals surface area contributed by atoms with Crippen molar-refractivity contribution in [3.63, 3.8) is 0 Å². The first-order valence-corrected chi connectivity index (χ1v) is 14.4. The fourth-order valence-corrected chi connectivity index (χ4v) is 6.51. The topological polar surface area (TPSA) is 109 Å². The van der Waals surface area contributed by atoms with Crippen LogP contribution in [-0.2, 0) is 19.1 Å². The molecule has 3 heterocycles. The van der Waals surface area contributed by atoms with Crippen molar-refractivity contribution in [1.82, 2.24) is 4.98 Å². The Morgan fingerprint density at radius 2 is 1.97 bits per heavy atom. The van der Waals surface area contributed by atoms with E-state index in [1.807, 2.05) is 32.0 Å². The Balaban J connectivity index is 1.63. The number of cyclic esters (lactones) is 1. The van der Waals surface area contributed by atoms with Crippen LogP contribution in [0.4, 0.5) is 0 Å². The van der Waals surface area contributed by atoms with Crippen LogP contribution >= 0.6 is 11.3 Å². The van der Waals surface area contributed by atoms with E-state index in [1.165, 1.54) is 0 Å². The number of benzene rings is 1. The van der Waals surface area contributed by atoms with Gasteiger partial charge in [0.1, 0.15) is 11.9 Å². The summed E-state index contributed by atoms with van der Waals surface area (Å²) in [6.45, 7) is 13.0. The first kappa shape index (κ1) is 28.9. The van der Waals surface area contributed by atoms with Gasteiger partial charge in [0.25, 0.3) is 0 Å². The number of allylic oxidation sites excluding steroid dienone is 1. The van der Waals surface area contributed by atoms with Crippen molar-refractivity contribution in [2.45, 2.75) is 103 Å². The van der Waals surface area contributed by atoms with E-state index in [4.69, 9.17) is 9.47 Å². The third-order valence-electron chi connectivity index (χ3n) is 8.54. The highest BCUT2D eigenvalue weighted by Crippen LogP contribution is 2.47. The molecule has 0 bridgehead atoms. The number of aliphatic hydroxyl groups excluding tert-OH is 2. The van der Waals surface area contributed by atoms with Gasteiger partial charge >= 0.3 is 5.97 Å². The average Bonchev–Trinajstić information content (AvgIpc) is 3.32. The molecule has 0 radical (unpaired) electrons. The van der Waals surface area contributed by atoms with E-state index in [9.17, 15) is 19.8 Å². The summed E-state index contributed by atoms with van der Waals surface area (Å²) in [4.78, 5) is 31.3. The number of thiazole rings is 1. The molecular weight excluding hydrogens is 502 g/mol. The summed E-state index contributed by atoms with van der Waals surface area (Å²) < 4.78 is 13.2. The minimum atomic E-state index is -1.27. The SMILES string of the molecule is C=CC[C@@H]1C(=O)C(C)(C)[C@H](O)CC(=O)O[C@H](c2ccc3sc(C)nc3c2)CC2OC2(C)CCC[C@H](C)[C@H]1O. The lowest BCUT2D eigenvalue weighted by atomic mass is 9.71. The van der Waals surface area contributed by atoms with Gasteiger partial charge in [-0.25, -0.2) is 4.98 Å². The van der Waals surface area contributed by atoms with Crippen molar-refractivity contribution in [2.24, 2.45) is 17.3 Å². The van der Waals surface area contributed by atoms with E-state index in [1.54, 1.807) is 31.3 Å². The van der Waals surface area contributed by atoms with Crippen molar-refractivity contribution >= 4 is 33.3 Å². The molecule has 0 spiro atoms. The lowest BCUT2D eigenvalue weighted by Crippen LogP contribution is -2.46. The number of esters is 1. The fraction of sp³-hybridized carbons (Fsp3) is 0.633. The summed E-state index contributed by atoms with van der Waals surface area (Å²) in [6.07, 6.45) is 1.71. The summed E-state index contributed by atoms with van der Waals surface area (Å²) in [7, 11) is 0. The van der Waals surface area contributed by atoms with Crippen LogP contribution in [0, 0.1) is 24.2 Å². The Bertz CT molecular complexity index is 1190. The summed E-state index contributed by atoms with van der Waals surface area (Å²) in [5, 5.41) is 23.2. The number of carbonyl (C=O) groups excluding carboxylic acids is 2. The minimum absolute atomic E-state index is 0.0715. The number of Topliss-reactive ketones (excluding diaryl/α,β-unsaturated/α-hetero) is 1. The smallest absolute Gasteiger partial charge is 0.309 e. The van der Waals surface area contributed by atoms with Crippen molar-refractivity contribution < 1.29 is 29.3 Å². The molecular formula is C30H41NO6S. The highest BCUT2D eigenvalue weighted by Gasteiger charge is 2.53. The lowest BCUT2D eigenvalue weighted by molar-refractivity contribution is -0.156. The summed E-state index contributed by atoms with van der Waals surface area (Å²) in [5.74, 6) is -1.68. The van der Waals surface area contributed by atoms with Crippen molar-refractivity contribution in [3.05, 3.63) is 41.4 Å². The molecule has 7 atom stereocenters. The average molecular weight is 544 g/mol. The molecule has 208 valence electrons. The Kier molecular flexibility index (Phi) is 8.48. The number of aryl methyl sites for hydroxylation is 1. The predicted octanol–water partition coefficient (Wildman–Crippen LogP) is 5.46. The zero-order chi connectivity index (χ0) is 27.8. The molecule has 0 amide bonds. The Morgan fingerprint density at radius 3 is 2.68 bits per heavy atom. The van der Waals surface area contributed by atoms with Crippen molar-refractivity contribution in [3.8, 4) is 0 Å². The molecule has 2 aliphatic rings. The van der Waals surface area contributed by atoms with E-state index in [-0.39, 0.29) is 29.8 Å². The molecule has 2 aromatic rings. The lowest BCUT2D eigenvalue weighted by Gasteiger charge is -2.35. The highest BCUT2D eigenvalue weighted by atomic mass is 32.1. The maximum atomic E-state index is 13.6. The zero-order valence-corrected chi connectivity index (χ0v) is 23.9. The third-order valence-corrected chi connectivity index (χ3v) is 9.49. The molecule has 8 heteroatoms. The predicted molar refractivity (Wildman–Crippen MR) is 148 cm³/mol. The minimum Gasteiger partial charge on any atom is -0.457 e. The Morgan fingerprint density at radius 1 is 1.24 bits per heavy atom. The summed E-state index contributed by atoms with van der Waals surface area (Å²) in [6, 6.07) is 5.92. The molecule has 2 unspecified atom stereocenters. The number of fused-ring (bicyclic) bond motifs is 2. The summed E-state index contributed by atoms with van der Waals surface area (Å²) in [5.41, 5.74) is 0.115. The maximum absolute atomic E-state index is 13.6. The molecule has 4 rings (SSSR count). The van der Waals surface area contributed by atoms with E-state index in [0.717, 1.165) is 40.1 Å². The number of rotatable bonds is 3. The maximum Gasteiger partial charge on any atom is 0.309 e. The molecule has 38 heavy (non-hydrogen) atoms. The van der Waals surface area contributed by atoms with Gasteiger partial charge < -0.3 is 19.7 Å². The second-order valence-electron chi connectivity index (χ2n) is 11.9. The number of ketones is 1. The van der Waals surface area contributed by atoms with E-state index < -0.39 is 35.6 Å². The van der Waals surface area contributed by atoms with Crippen LogP contribution in [0.3, 0.4) is 0 Å². The van der Waals surface area contributed by atoms with Gasteiger partial charge in [0.15, 0.2) is 0 Å². The number of epoxide rings is 1. The van der Waals surface area contributed by atoms with Gasteiger partial charge in [-0.3, -0.25) is 9.59 Å².